The van der Waals surface area contributed by atoms with Crippen LogP contribution in [0.3, 0.4) is 0 Å². The van der Waals surface area contributed by atoms with Crippen LogP contribution in [0.25, 0.3) is 10.8 Å². The van der Waals surface area contributed by atoms with Crippen LogP contribution in [0.2, 0.25) is 0 Å². The molecule has 3 rings (SSSR count). The average Bonchev–Trinajstić information content (AvgIpc) is 2.75. The van der Waals surface area contributed by atoms with Crippen LogP contribution in [0.1, 0.15) is 47.6 Å². The zero-order valence-electron chi connectivity index (χ0n) is 15.6. The number of unbranched alkanes of at least 4 members (excludes halogenated alkanes) is 1. The summed E-state index contributed by atoms with van der Waals surface area (Å²) in [6, 6.07) is 23.3. The Morgan fingerprint density at radius 1 is 0.857 bits per heavy atom. The maximum atomic E-state index is 12.7. The SMILES string of the molecule is O=C(CCCCC(NC(=O)c1ccccc1)c1ccc2ccccc2c1)NO. The molecule has 0 heterocycles. The van der Waals surface area contributed by atoms with Crippen molar-refractivity contribution in [2.24, 2.45) is 0 Å². The standard InChI is InChI=1S/C23H24N2O3/c26-22(25-28)13-7-6-12-21(24-23(27)18-9-2-1-3-10-18)20-15-14-17-8-4-5-11-19(17)16-20/h1-5,8-11,14-16,21,28H,6-7,12-13H2,(H,24,27)(H,25,26). The van der Waals surface area contributed by atoms with E-state index in [0.29, 0.717) is 18.4 Å². The first-order valence-corrected chi connectivity index (χ1v) is 9.45. The third-order valence-electron chi connectivity index (χ3n) is 4.79. The van der Waals surface area contributed by atoms with Gasteiger partial charge in [0.05, 0.1) is 6.04 Å². The number of rotatable bonds is 8. The van der Waals surface area contributed by atoms with E-state index in [1.165, 1.54) is 0 Å². The summed E-state index contributed by atoms with van der Waals surface area (Å²) >= 11 is 0. The fourth-order valence-electron chi connectivity index (χ4n) is 3.27. The van der Waals surface area contributed by atoms with E-state index in [4.69, 9.17) is 5.21 Å². The molecule has 0 aromatic heterocycles. The second-order valence-electron chi connectivity index (χ2n) is 6.78. The van der Waals surface area contributed by atoms with Crippen molar-refractivity contribution < 1.29 is 14.8 Å². The van der Waals surface area contributed by atoms with Crippen LogP contribution >= 0.6 is 0 Å². The van der Waals surface area contributed by atoms with Gasteiger partial charge in [0.1, 0.15) is 0 Å². The number of benzene rings is 3. The Bertz CT molecular complexity index is 941. The van der Waals surface area contributed by atoms with Gasteiger partial charge < -0.3 is 5.32 Å². The molecular weight excluding hydrogens is 352 g/mol. The van der Waals surface area contributed by atoms with E-state index in [0.717, 1.165) is 22.8 Å². The van der Waals surface area contributed by atoms with Gasteiger partial charge in [-0.3, -0.25) is 14.8 Å². The van der Waals surface area contributed by atoms with Gasteiger partial charge in [0.25, 0.3) is 5.91 Å². The molecule has 1 unspecified atom stereocenters. The summed E-state index contributed by atoms with van der Waals surface area (Å²) in [7, 11) is 0. The maximum Gasteiger partial charge on any atom is 0.251 e. The van der Waals surface area contributed by atoms with Crippen molar-refractivity contribution in [2.75, 3.05) is 0 Å². The van der Waals surface area contributed by atoms with Crippen LogP contribution in [0.15, 0.2) is 72.8 Å². The number of fused-ring (bicyclic) bond motifs is 1. The summed E-state index contributed by atoms with van der Waals surface area (Å²) in [5, 5.41) is 14.0. The molecule has 2 amide bonds. The summed E-state index contributed by atoms with van der Waals surface area (Å²) in [6.45, 7) is 0. The highest BCUT2D eigenvalue weighted by Crippen LogP contribution is 2.25. The van der Waals surface area contributed by atoms with Gasteiger partial charge in [0.15, 0.2) is 0 Å². The number of amides is 2. The van der Waals surface area contributed by atoms with Crippen LogP contribution in [0.4, 0.5) is 0 Å². The molecule has 0 bridgehead atoms. The molecule has 3 aromatic carbocycles. The zero-order valence-corrected chi connectivity index (χ0v) is 15.6. The topological polar surface area (TPSA) is 78.4 Å². The Balaban J connectivity index is 1.76. The summed E-state index contributed by atoms with van der Waals surface area (Å²) in [5.41, 5.74) is 3.31. The lowest BCUT2D eigenvalue weighted by Gasteiger charge is -2.20. The maximum absolute atomic E-state index is 12.7. The number of carbonyl (C=O) groups is 2. The van der Waals surface area contributed by atoms with Crippen LogP contribution in [0, 0.1) is 0 Å². The molecule has 0 spiro atoms. The fourth-order valence-corrected chi connectivity index (χ4v) is 3.27. The van der Waals surface area contributed by atoms with Crippen molar-refractivity contribution in [2.45, 2.75) is 31.7 Å². The summed E-state index contributed by atoms with van der Waals surface area (Å²) in [5.74, 6) is -0.512. The van der Waals surface area contributed by atoms with E-state index in [9.17, 15) is 9.59 Å². The van der Waals surface area contributed by atoms with Crippen LogP contribution in [0.5, 0.6) is 0 Å². The van der Waals surface area contributed by atoms with E-state index >= 15 is 0 Å². The van der Waals surface area contributed by atoms with E-state index in [1.807, 2.05) is 36.4 Å². The van der Waals surface area contributed by atoms with E-state index in [2.05, 4.69) is 29.6 Å². The van der Waals surface area contributed by atoms with Crippen molar-refractivity contribution in [3.05, 3.63) is 83.9 Å². The first-order valence-electron chi connectivity index (χ1n) is 9.45. The predicted octanol–water partition coefficient (Wildman–Crippen LogP) is 4.38. The average molecular weight is 376 g/mol. The van der Waals surface area contributed by atoms with Gasteiger partial charge in [-0.05, 0) is 47.4 Å². The highest BCUT2D eigenvalue weighted by Gasteiger charge is 2.16. The molecule has 3 aromatic rings. The minimum Gasteiger partial charge on any atom is -0.345 e. The Kier molecular flexibility index (Phi) is 6.76. The normalized spacial score (nSPS) is 11.8. The lowest BCUT2D eigenvalue weighted by Crippen LogP contribution is -2.28. The lowest BCUT2D eigenvalue weighted by atomic mass is 9.97. The smallest absolute Gasteiger partial charge is 0.251 e. The van der Waals surface area contributed by atoms with Gasteiger partial charge in [0.2, 0.25) is 5.91 Å². The van der Waals surface area contributed by atoms with Crippen LogP contribution in [-0.2, 0) is 4.79 Å². The molecule has 0 saturated heterocycles. The van der Waals surface area contributed by atoms with Gasteiger partial charge in [0, 0.05) is 12.0 Å². The highest BCUT2D eigenvalue weighted by atomic mass is 16.5. The monoisotopic (exact) mass is 376 g/mol. The van der Waals surface area contributed by atoms with Gasteiger partial charge >= 0.3 is 0 Å². The van der Waals surface area contributed by atoms with Gasteiger partial charge in [-0.1, -0.05) is 61.0 Å². The number of nitrogens with one attached hydrogen (secondary N) is 2. The summed E-state index contributed by atoms with van der Waals surface area (Å²) in [6.07, 6.45) is 2.35. The minimum atomic E-state index is -0.393. The van der Waals surface area contributed by atoms with E-state index < -0.39 is 5.91 Å². The molecule has 0 saturated carbocycles. The van der Waals surface area contributed by atoms with Gasteiger partial charge in [-0.2, -0.15) is 0 Å². The van der Waals surface area contributed by atoms with E-state index in [1.54, 1.807) is 17.6 Å². The third-order valence-corrected chi connectivity index (χ3v) is 4.79. The van der Waals surface area contributed by atoms with Crippen molar-refractivity contribution in [1.82, 2.24) is 10.8 Å². The highest BCUT2D eigenvalue weighted by molar-refractivity contribution is 5.94. The second-order valence-corrected chi connectivity index (χ2v) is 6.78. The number of hydrogen-bond donors (Lipinski definition) is 3. The Hall–Kier alpha value is -3.18. The molecule has 5 nitrogen and oxygen atoms in total. The molecule has 5 heteroatoms. The Morgan fingerprint density at radius 3 is 2.32 bits per heavy atom. The van der Waals surface area contributed by atoms with Gasteiger partial charge in [-0.25, -0.2) is 5.48 Å². The number of carbonyl (C=O) groups excluding carboxylic acids is 2. The molecule has 0 aliphatic carbocycles. The van der Waals surface area contributed by atoms with E-state index in [-0.39, 0.29) is 18.4 Å². The molecule has 144 valence electrons. The molecule has 0 aliphatic rings. The van der Waals surface area contributed by atoms with Crippen molar-refractivity contribution in [1.29, 1.82) is 0 Å². The fraction of sp³-hybridized carbons (Fsp3) is 0.217. The van der Waals surface area contributed by atoms with Crippen LogP contribution < -0.4 is 10.8 Å². The number of hydrogen-bond acceptors (Lipinski definition) is 3. The van der Waals surface area contributed by atoms with Gasteiger partial charge in [-0.15, -0.1) is 0 Å². The lowest BCUT2D eigenvalue weighted by molar-refractivity contribution is -0.129. The van der Waals surface area contributed by atoms with Crippen molar-refractivity contribution in [3.8, 4) is 0 Å². The second kappa shape index (κ2) is 9.67. The summed E-state index contributed by atoms with van der Waals surface area (Å²) < 4.78 is 0. The third kappa shape index (κ3) is 5.18. The van der Waals surface area contributed by atoms with Crippen LogP contribution in [-0.4, -0.2) is 17.0 Å². The number of hydroxylamine groups is 1. The zero-order chi connectivity index (χ0) is 19.8. The predicted molar refractivity (Wildman–Crippen MR) is 109 cm³/mol. The molecule has 3 N–H and O–H groups in total. The van der Waals surface area contributed by atoms with Crippen molar-refractivity contribution >= 4 is 22.6 Å². The molecule has 0 aliphatic heterocycles. The molecule has 0 radical (unpaired) electrons. The Morgan fingerprint density at radius 2 is 1.57 bits per heavy atom. The quantitative estimate of drug-likeness (QED) is 0.310. The first-order chi connectivity index (χ1) is 13.7. The largest absolute Gasteiger partial charge is 0.345 e. The first kappa shape index (κ1) is 19.6. The molecule has 28 heavy (non-hydrogen) atoms. The summed E-state index contributed by atoms with van der Waals surface area (Å²) in [4.78, 5) is 23.9. The van der Waals surface area contributed by atoms with Crippen molar-refractivity contribution in [3.63, 3.8) is 0 Å². The molecule has 1 atom stereocenters. The molecule has 0 fully saturated rings. The Labute approximate surface area is 164 Å². The molecular formula is C23H24N2O3. The minimum absolute atomic E-state index is 0.119.